The summed E-state index contributed by atoms with van der Waals surface area (Å²) in [5.74, 6) is 1.38. The van der Waals surface area contributed by atoms with Gasteiger partial charge in [0.05, 0.1) is 6.42 Å². The zero-order valence-electron chi connectivity index (χ0n) is 23.2. The third-order valence-electron chi connectivity index (χ3n) is 8.95. The van der Waals surface area contributed by atoms with Crippen molar-refractivity contribution in [3.05, 3.63) is 34.4 Å². The molecule has 2 aliphatic carbocycles. The number of Topliss-reactive ketones (excluding diaryl/α,β-unsaturated/α-hetero) is 3. The van der Waals surface area contributed by atoms with Crippen LogP contribution in [0, 0.1) is 30.1 Å². The van der Waals surface area contributed by atoms with Crippen molar-refractivity contribution in [2.24, 2.45) is 23.2 Å². The third-order valence-corrected chi connectivity index (χ3v) is 8.95. The van der Waals surface area contributed by atoms with E-state index in [2.05, 4.69) is 53.7 Å². The number of hydrogen-bond donors (Lipinski definition) is 0. The summed E-state index contributed by atoms with van der Waals surface area (Å²) in [5, 5.41) is 0. The Kier molecular flexibility index (Phi) is 9.52. The summed E-state index contributed by atoms with van der Waals surface area (Å²) < 4.78 is 0. The molecule has 194 valence electrons. The lowest BCUT2D eigenvalue weighted by molar-refractivity contribution is -0.131. The molecular formula is C32H48O3. The molecule has 0 aromatic heterocycles. The highest BCUT2D eigenvalue weighted by Crippen LogP contribution is 2.42. The average molecular weight is 481 g/mol. The molecule has 0 spiro atoms. The fourth-order valence-corrected chi connectivity index (χ4v) is 7.20. The van der Waals surface area contributed by atoms with E-state index in [1.54, 1.807) is 0 Å². The summed E-state index contributed by atoms with van der Waals surface area (Å²) in [4.78, 5) is 39.5. The molecule has 3 nitrogen and oxygen atoms in total. The van der Waals surface area contributed by atoms with Gasteiger partial charge in [0, 0.05) is 24.3 Å². The van der Waals surface area contributed by atoms with Gasteiger partial charge in [-0.1, -0.05) is 72.4 Å². The molecule has 1 saturated carbocycles. The van der Waals surface area contributed by atoms with Crippen LogP contribution in [0.1, 0.15) is 138 Å². The minimum Gasteiger partial charge on any atom is -0.299 e. The van der Waals surface area contributed by atoms with E-state index in [0.717, 1.165) is 56.1 Å². The molecule has 1 aromatic rings. The topological polar surface area (TPSA) is 51.2 Å². The van der Waals surface area contributed by atoms with Crippen LogP contribution in [0.15, 0.2) is 12.1 Å². The van der Waals surface area contributed by atoms with Crippen LogP contribution in [0.4, 0.5) is 0 Å². The second-order valence-corrected chi connectivity index (χ2v) is 12.4. The van der Waals surface area contributed by atoms with Gasteiger partial charge in [0.15, 0.2) is 5.78 Å². The van der Waals surface area contributed by atoms with Crippen LogP contribution in [-0.2, 0) is 16.0 Å². The van der Waals surface area contributed by atoms with Crippen molar-refractivity contribution in [2.75, 3.05) is 0 Å². The molecule has 0 bridgehead atoms. The number of rotatable bonds is 12. The Balaban J connectivity index is 1.73. The molecule has 3 rings (SSSR count). The lowest BCUT2D eigenvalue weighted by Gasteiger charge is -2.33. The molecule has 3 unspecified atom stereocenters. The van der Waals surface area contributed by atoms with E-state index in [9.17, 15) is 14.4 Å². The maximum absolute atomic E-state index is 13.4. The van der Waals surface area contributed by atoms with Crippen molar-refractivity contribution in [1.82, 2.24) is 0 Å². The molecule has 0 radical (unpaired) electrons. The van der Waals surface area contributed by atoms with Gasteiger partial charge in [0.1, 0.15) is 11.6 Å². The zero-order valence-corrected chi connectivity index (χ0v) is 23.2. The van der Waals surface area contributed by atoms with Gasteiger partial charge in [-0.15, -0.1) is 0 Å². The molecule has 2 aliphatic rings. The smallest absolute Gasteiger partial charge is 0.163 e. The lowest BCUT2D eigenvalue weighted by Crippen LogP contribution is -2.31. The van der Waals surface area contributed by atoms with Crippen LogP contribution >= 0.6 is 0 Å². The second-order valence-electron chi connectivity index (χ2n) is 12.4. The normalized spacial score (nSPS) is 21.1. The first-order valence-corrected chi connectivity index (χ1v) is 14.3. The predicted octanol–water partition coefficient (Wildman–Crippen LogP) is 8.19. The van der Waals surface area contributed by atoms with E-state index >= 15 is 0 Å². The van der Waals surface area contributed by atoms with Crippen LogP contribution in [0.3, 0.4) is 0 Å². The molecule has 3 heteroatoms. The Morgan fingerprint density at radius 3 is 2.37 bits per heavy atom. The maximum atomic E-state index is 13.4. The number of ketones is 3. The standard InChI is InChI=1S/C32H48O3/c1-7-11-24(26(8-2)29(34)19-25(33)20-32(6)14-9-10-15-32)16-23-17-28-27(21(3)4)13-12-22(5)31(28)30(35)18-23/h12-13,21,23-24,26H,7-11,14-20H2,1-6H3. The van der Waals surface area contributed by atoms with Crippen LogP contribution in [0.5, 0.6) is 0 Å². The second kappa shape index (κ2) is 12.0. The highest BCUT2D eigenvalue weighted by Gasteiger charge is 2.36. The predicted molar refractivity (Wildman–Crippen MR) is 144 cm³/mol. The number of benzene rings is 1. The van der Waals surface area contributed by atoms with Gasteiger partial charge in [-0.3, -0.25) is 14.4 Å². The average Bonchev–Trinajstić information content (AvgIpc) is 3.19. The summed E-state index contributed by atoms with van der Waals surface area (Å²) in [5.41, 5.74) is 4.69. The molecule has 1 aromatic carbocycles. The third kappa shape index (κ3) is 6.71. The molecule has 3 atom stereocenters. The van der Waals surface area contributed by atoms with Crippen molar-refractivity contribution in [2.45, 2.75) is 125 Å². The van der Waals surface area contributed by atoms with E-state index in [1.807, 2.05) is 0 Å². The van der Waals surface area contributed by atoms with Crippen LogP contribution in [0.25, 0.3) is 0 Å². The molecule has 0 aliphatic heterocycles. The van der Waals surface area contributed by atoms with Crippen molar-refractivity contribution in [3.63, 3.8) is 0 Å². The first kappa shape index (κ1) is 27.8. The molecular weight excluding hydrogens is 432 g/mol. The minimum absolute atomic E-state index is 0.0751. The van der Waals surface area contributed by atoms with Gasteiger partial charge in [-0.05, 0) is 78.9 Å². The molecule has 0 N–H and O–H groups in total. The zero-order chi connectivity index (χ0) is 25.8. The SMILES string of the molecule is CCCC(CC1CC(=O)c2c(C)ccc(C(C)C)c2C1)C(CC)C(=O)CC(=O)CC1(C)CCCC1. The maximum Gasteiger partial charge on any atom is 0.163 e. The Morgan fingerprint density at radius 1 is 1.09 bits per heavy atom. The Morgan fingerprint density at radius 2 is 1.77 bits per heavy atom. The Hall–Kier alpha value is -1.77. The Bertz CT molecular complexity index is 919. The van der Waals surface area contributed by atoms with Gasteiger partial charge < -0.3 is 0 Å². The molecule has 0 saturated heterocycles. The number of carbonyl (C=O) groups is 3. The van der Waals surface area contributed by atoms with Crippen LogP contribution < -0.4 is 0 Å². The van der Waals surface area contributed by atoms with E-state index in [-0.39, 0.29) is 46.9 Å². The van der Waals surface area contributed by atoms with Crippen molar-refractivity contribution >= 4 is 17.3 Å². The summed E-state index contributed by atoms with van der Waals surface area (Å²) in [7, 11) is 0. The van der Waals surface area contributed by atoms with Crippen molar-refractivity contribution in [1.29, 1.82) is 0 Å². The van der Waals surface area contributed by atoms with Gasteiger partial charge in [-0.25, -0.2) is 0 Å². The lowest BCUT2D eigenvalue weighted by atomic mass is 9.70. The van der Waals surface area contributed by atoms with Crippen LogP contribution in [-0.4, -0.2) is 17.3 Å². The van der Waals surface area contributed by atoms with E-state index in [0.29, 0.717) is 18.8 Å². The van der Waals surface area contributed by atoms with Crippen LogP contribution in [0.2, 0.25) is 0 Å². The van der Waals surface area contributed by atoms with Gasteiger partial charge in [0.25, 0.3) is 0 Å². The minimum atomic E-state index is -0.0751. The van der Waals surface area contributed by atoms with Gasteiger partial charge >= 0.3 is 0 Å². The monoisotopic (exact) mass is 480 g/mol. The van der Waals surface area contributed by atoms with E-state index < -0.39 is 0 Å². The largest absolute Gasteiger partial charge is 0.299 e. The molecule has 1 fully saturated rings. The van der Waals surface area contributed by atoms with Gasteiger partial charge in [0.2, 0.25) is 0 Å². The van der Waals surface area contributed by atoms with E-state index in [1.165, 1.54) is 24.0 Å². The van der Waals surface area contributed by atoms with E-state index in [4.69, 9.17) is 0 Å². The summed E-state index contributed by atoms with van der Waals surface area (Å²) in [6.45, 7) is 12.9. The number of hydrogen-bond acceptors (Lipinski definition) is 3. The summed E-state index contributed by atoms with van der Waals surface area (Å²) >= 11 is 0. The van der Waals surface area contributed by atoms with Crippen molar-refractivity contribution in [3.8, 4) is 0 Å². The number of aryl methyl sites for hydroxylation is 1. The highest BCUT2D eigenvalue weighted by atomic mass is 16.1. The number of carbonyl (C=O) groups excluding carboxylic acids is 3. The fourth-order valence-electron chi connectivity index (χ4n) is 7.20. The highest BCUT2D eigenvalue weighted by molar-refractivity contribution is 6.01. The molecule has 0 heterocycles. The van der Waals surface area contributed by atoms with Gasteiger partial charge in [-0.2, -0.15) is 0 Å². The quantitative estimate of drug-likeness (QED) is 0.283. The summed E-state index contributed by atoms with van der Waals surface area (Å²) in [6.07, 6.45) is 10.5. The molecule has 35 heavy (non-hydrogen) atoms. The fraction of sp³-hybridized carbons (Fsp3) is 0.719. The van der Waals surface area contributed by atoms with Crippen molar-refractivity contribution < 1.29 is 14.4 Å². The number of fused-ring (bicyclic) bond motifs is 1. The first-order chi connectivity index (χ1) is 16.6. The first-order valence-electron chi connectivity index (χ1n) is 14.3. The molecule has 0 amide bonds. The Labute approximate surface area is 213 Å². The summed E-state index contributed by atoms with van der Waals surface area (Å²) in [6, 6.07) is 4.30.